The highest BCUT2D eigenvalue weighted by atomic mass is 15.0. The fourth-order valence-corrected chi connectivity index (χ4v) is 0.594. The van der Waals surface area contributed by atoms with Crippen LogP contribution in [0.1, 0.15) is 61.8 Å². The molecule has 0 atom stereocenters. The molecule has 0 aromatic rings. The number of hydrogen-bond donors (Lipinski definition) is 2. The van der Waals surface area contributed by atoms with Crippen molar-refractivity contribution in [3.8, 4) is 0 Å². The van der Waals surface area contributed by atoms with Gasteiger partial charge in [-0.15, -0.1) is 0 Å². The van der Waals surface area contributed by atoms with Gasteiger partial charge in [-0.05, 0) is 13.3 Å². The van der Waals surface area contributed by atoms with Crippen LogP contribution < -0.4 is 11.5 Å². The summed E-state index contributed by atoms with van der Waals surface area (Å²) in [5.41, 5.74) is 11.1. The van der Waals surface area contributed by atoms with Crippen molar-refractivity contribution in [2.75, 3.05) is 13.1 Å². The molecule has 5 nitrogen and oxygen atoms in total. The predicted octanol–water partition coefficient (Wildman–Crippen LogP) is 3.24. The lowest BCUT2D eigenvalue weighted by Crippen LogP contribution is -2.22. The first kappa shape index (κ1) is 26.2. The Bertz CT molecular complexity index is 216. The van der Waals surface area contributed by atoms with E-state index in [1.54, 1.807) is 6.34 Å². The SMILES string of the molecule is CC.CC.CC.CC1=NC=NC1.CCCN=C(N)N. The Morgan fingerprint density at radius 2 is 1.63 bits per heavy atom. The molecular formula is C14H35N5. The molecule has 0 bridgehead atoms. The summed E-state index contributed by atoms with van der Waals surface area (Å²) >= 11 is 0. The molecular weight excluding hydrogens is 238 g/mol. The molecule has 0 aromatic carbocycles. The molecule has 0 saturated heterocycles. The average Bonchev–Trinajstić information content (AvgIpc) is 2.95. The van der Waals surface area contributed by atoms with Gasteiger partial charge in [0.15, 0.2) is 5.96 Å². The number of hydrogen-bond acceptors (Lipinski definition) is 3. The Kier molecular flexibility index (Phi) is 41.5. The van der Waals surface area contributed by atoms with Crippen molar-refractivity contribution >= 4 is 18.0 Å². The lowest BCUT2D eigenvalue weighted by molar-refractivity contribution is 0.927. The van der Waals surface area contributed by atoms with Crippen LogP contribution in [0.25, 0.3) is 0 Å². The lowest BCUT2D eigenvalue weighted by atomic mass is 10.4. The number of aliphatic imine (C=N–C) groups is 3. The molecule has 1 aliphatic heterocycles. The van der Waals surface area contributed by atoms with Gasteiger partial charge in [-0.1, -0.05) is 48.5 Å². The van der Waals surface area contributed by atoms with E-state index < -0.39 is 0 Å². The first-order valence-electron chi connectivity index (χ1n) is 7.23. The minimum Gasteiger partial charge on any atom is -0.370 e. The number of nitrogens with zero attached hydrogens (tertiary/aromatic N) is 3. The van der Waals surface area contributed by atoms with Gasteiger partial charge in [0, 0.05) is 12.3 Å². The zero-order valence-corrected chi connectivity index (χ0v) is 14.2. The van der Waals surface area contributed by atoms with Crippen LogP contribution >= 0.6 is 0 Å². The van der Waals surface area contributed by atoms with E-state index in [-0.39, 0.29) is 5.96 Å². The number of rotatable bonds is 2. The van der Waals surface area contributed by atoms with E-state index in [4.69, 9.17) is 11.5 Å². The highest BCUT2D eigenvalue weighted by molar-refractivity contribution is 5.94. The minimum atomic E-state index is 0.182. The smallest absolute Gasteiger partial charge is 0.185 e. The number of guanidine groups is 1. The molecule has 0 unspecified atom stereocenters. The van der Waals surface area contributed by atoms with Crippen LogP contribution in [0.4, 0.5) is 0 Å². The molecule has 0 saturated carbocycles. The molecule has 0 radical (unpaired) electrons. The molecule has 1 rings (SSSR count). The maximum absolute atomic E-state index is 5.01. The Morgan fingerprint density at radius 1 is 1.16 bits per heavy atom. The fraction of sp³-hybridized carbons (Fsp3) is 0.786. The monoisotopic (exact) mass is 273 g/mol. The highest BCUT2D eigenvalue weighted by Crippen LogP contribution is 1.83. The van der Waals surface area contributed by atoms with E-state index in [2.05, 4.69) is 15.0 Å². The van der Waals surface area contributed by atoms with Crippen LogP contribution in [0.3, 0.4) is 0 Å². The topological polar surface area (TPSA) is 89.1 Å². The molecule has 0 aliphatic carbocycles. The van der Waals surface area contributed by atoms with Crippen LogP contribution in [-0.4, -0.2) is 31.1 Å². The van der Waals surface area contributed by atoms with Crippen molar-refractivity contribution < 1.29 is 0 Å². The second-order valence-corrected chi connectivity index (χ2v) is 2.63. The summed E-state index contributed by atoms with van der Waals surface area (Å²) < 4.78 is 0. The zero-order valence-electron chi connectivity index (χ0n) is 14.2. The Labute approximate surface area is 120 Å². The first-order valence-corrected chi connectivity index (χ1v) is 7.23. The molecule has 19 heavy (non-hydrogen) atoms. The van der Waals surface area contributed by atoms with Crippen molar-refractivity contribution in [1.29, 1.82) is 0 Å². The van der Waals surface area contributed by atoms with Gasteiger partial charge in [-0.3, -0.25) is 9.98 Å². The number of nitrogens with two attached hydrogens (primary N) is 2. The standard InChI is InChI=1S/C4H11N3.C4H6N2.3C2H6/c1-2-3-7-4(5)6;1-4-2-5-3-6-4;3*1-2/h2-3H2,1H3,(H4,5,6,7);3H,2H2,1H3;3*1-2H3. The van der Waals surface area contributed by atoms with Crippen molar-refractivity contribution in [2.24, 2.45) is 26.4 Å². The van der Waals surface area contributed by atoms with Crippen LogP contribution in [0, 0.1) is 0 Å². The second kappa shape index (κ2) is 30.0. The molecule has 0 amide bonds. The van der Waals surface area contributed by atoms with Gasteiger partial charge in [0.25, 0.3) is 0 Å². The van der Waals surface area contributed by atoms with E-state index >= 15 is 0 Å². The second-order valence-electron chi connectivity index (χ2n) is 2.63. The minimum absolute atomic E-state index is 0.182. The molecule has 0 spiro atoms. The molecule has 5 heteroatoms. The Morgan fingerprint density at radius 3 is 1.74 bits per heavy atom. The van der Waals surface area contributed by atoms with E-state index in [0.29, 0.717) is 0 Å². The fourth-order valence-electron chi connectivity index (χ4n) is 0.594. The van der Waals surface area contributed by atoms with Gasteiger partial charge in [0.1, 0.15) is 6.34 Å². The maximum Gasteiger partial charge on any atom is 0.185 e. The van der Waals surface area contributed by atoms with Crippen molar-refractivity contribution in [1.82, 2.24) is 0 Å². The van der Waals surface area contributed by atoms with Crippen molar-refractivity contribution in [2.45, 2.75) is 61.8 Å². The molecule has 1 heterocycles. The molecule has 116 valence electrons. The third-order valence-corrected chi connectivity index (χ3v) is 1.20. The Balaban J connectivity index is -0.0000000854. The molecule has 0 fully saturated rings. The maximum atomic E-state index is 5.01. The van der Waals surface area contributed by atoms with Gasteiger partial charge < -0.3 is 11.5 Å². The Hall–Kier alpha value is -1.39. The van der Waals surface area contributed by atoms with Gasteiger partial charge in [-0.2, -0.15) is 0 Å². The van der Waals surface area contributed by atoms with Gasteiger partial charge in [0.2, 0.25) is 0 Å². The summed E-state index contributed by atoms with van der Waals surface area (Å²) in [5, 5.41) is 0. The van der Waals surface area contributed by atoms with Crippen molar-refractivity contribution in [3.05, 3.63) is 0 Å². The normalized spacial score (nSPS) is 9.79. The first-order chi connectivity index (χ1) is 9.16. The van der Waals surface area contributed by atoms with Crippen LogP contribution in [0.5, 0.6) is 0 Å². The summed E-state index contributed by atoms with van der Waals surface area (Å²) in [6.45, 7) is 17.5. The van der Waals surface area contributed by atoms with E-state index in [0.717, 1.165) is 25.2 Å². The third kappa shape index (κ3) is 38.4. The summed E-state index contributed by atoms with van der Waals surface area (Å²) in [4.78, 5) is 11.4. The van der Waals surface area contributed by atoms with Gasteiger partial charge in [-0.25, -0.2) is 4.99 Å². The average molecular weight is 273 g/mol. The van der Waals surface area contributed by atoms with E-state index in [1.807, 2.05) is 55.4 Å². The summed E-state index contributed by atoms with van der Waals surface area (Å²) in [7, 11) is 0. The van der Waals surface area contributed by atoms with Gasteiger partial charge in [0.05, 0.1) is 6.54 Å². The van der Waals surface area contributed by atoms with Gasteiger partial charge >= 0.3 is 0 Å². The van der Waals surface area contributed by atoms with Crippen molar-refractivity contribution in [3.63, 3.8) is 0 Å². The molecule has 4 N–H and O–H groups in total. The van der Waals surface area contributed by atoms with Crippen LogP contribution in [0.15, 0.2) is 15.0 Å². The molecule has 0 aromatic heterocycles. The highest BCUT2D eigenvalue weighted by Gasteiger charge is 1.89. The third-order valence-electron chi connectivity index (χ3n) is 1.20. The summed E-state index contributed by atoms with van der Waals surface area (Å²) in [6, 6.07) is 0. The van der Waals surface area contributed by atoms with Crippen LogP contribution in [0.2, 0.25) is 0 Å². The summed E-state index contributed by atoms with van der Waals surface area (Å²) in [6.07, 6.45) is 2.59. The largest absolute Gasteiger partial charge is 0.370 e. The van der Waals surface area contributed by atoms with Crippen LogP contribution in [-0.2, 0) is 0 Å². The quantitative estimate of drug-likeness (QED) is 0.597. The van der Waals surface area contributed by atoms with E-state index in [9.17, 15) is 0 Å². The molecule has 1 aliphatic rings. The lowest BCUT2D eigenvalue weighted by Gasteiger charge is -1.86. The zero-order chi connectivity index (χ0) is 16.1. The van der Waals surface area contributed by atoms with E-state index in [1.165, 1.54) is 0 Å². The summed E-state index contributed by atoms with van der Waals surface area (Å²) in [5.74, 6) is 0.182. The predicted molar refractivity (Wildman–Crippen MR) is 91.5 cm³/mol.